The van der Waals surface area contributed by atoms with E-state index in [4.69, 9.17) is 13.1 Å². The summed E-state index contributed by atoms with van der Waals surface area (Å²) in [5.74, 6) is 0. The van der Waals surface area contributed by atoms with Crippen molar-refractivity contribution in [3.05, 3.63) is 35.2 Å². The molecule has 0 spiro atoms. The fraction of sp³-hybridized carbons (Fsp3) is 0. The molecule has 0 fully saturated rings. The van der Waals surface area contributed by atoms with Gasteiger partial charge in [-0.05, 0) is 0 Å². The van der Waals surface area contributed by atoms with Gasteiger partial charge in [-0.15, -0.1) is 0 Å². The molecule has 0 aliphatic carbocycles. The van der Waals surface area contributed by atoms with E-state index in [0.717, 1.165) is 12.4 Å². The Kier molecular flexibility index (Phi) is 2.93. The fourth-order valence-electron chi connectivity index (χ4n) is 0.0667. The summed E-state index contributed by atoms with van der Waals surface area (Å²) in [6.45, 7) is 12.2. The van der Waals surface area contributed by atoms with Crippen LogP contribution in [0.25, 0.3) is 9.69 Å². The molecule has 0 N–H and O–H groups in total. The van der Waals surface area contributed by atoms with Crippen molar-refractivity contribution in [2.75, 3.05) is 0 Å². The Balaban J connectivity index is 3.36. The van der Waals surface area contributed by atoms with Gasteiger partial charge in [0.05, 0.1) is 13.1 Å². The second-order valence-electron chi connectivity index (χ2n) is 0.556. The first-order valence-corrected chi connectivity index (χ1v) is 1.30. The van der Waals surface area contributed by atoms with Crippen LogP contribution in [0.1, 0.15) is 0 Å². The lowest BCUT2D eigenvalue weighted by Crippen LogP contribution is -1.30. The van der Waals surface area contributed by atoms with Crippen molar-refractivity contribution in [2.45, 2.75) is 0 Å². The quantitative estimate of drug-likeness (QED) is 0.386. The Hall–Kier alpha value is -1.28. The van der Waals surface area contributed by atoms with Gasteiger partial charge < -0.3 is 0 Å². The molecule has 0 heterocycles. The molecule has 0 saturated carbocycles. The Labute approximate surface area is 36.3 Å². The zero-order chi connectivity index (χ0) is 4.83. The van der Waals surface area contributed by atoms with E-state index in [2.05, 4.69) is 9.69 Å². The van der Waals surface area contributed by atoms with Crippen molar-refractivity contribution >= 4 is 0 Å². The maximum atomic E-state index is 6.10. The third-order valence-electron chi connectivity index (χ3n) is 0.216. The van der Waals surface area contributed by atoms with Gasteiger partial charge in [0.15, 0.2) is 12.4 Å². The summed E-state index contributed by atoms with van der Waals surface area (Å²) >= 11 is 0. The maximum absolute atomic E-state index is 6.10. The van der Waals surface area contributed by atoms with Crippen molar-refractivity contribution in [3.8, 4) is 0 Å². The Morgan fingerprint density at radius 1 is 1.00 bits per heavy atom. The monoisotopic (exact) mass is 78.0 g/mol. The van der Waals surface area contributed by atoms with Crippen LogP contribution < -0.4 is 0 Å². The van der Waals surface area contributed by atoms with E-state index in [-0.39, 0.29) is 0 Å². The first-order valence-electron chi connectivity index (χ1n) is 1.30. The van der Waals surface area contributed by atoms with Gasteiger partial charge in [0.1, 0.15) is 0 Å². The molecule has 0 aromatic rings. The van der Waals surface area contributed by atoms with Crippen LogP contribution in [-0.2, 0) is 0 Å². The molecule has 0 aromatic heterocycles. The van der Waals surface area contributed by atoms with E-state index in [1.54, 1.807) is 0 Å². The SMILES string of the molecule is [C-]#[N+]C=C[N+]#[C-]. The van der Waals surface area contributed by atoms with Gasteiger partial charge in [-0.1, -0.05) is 0 Å². The lowest BCUT2D eigenvalue weighted by molar-refractivity contribution is 1.94. The van der Waals surface area contributed by atoms with Gasteiger partial charge in [0.25, 0.3) is 0 Å². The first kappa shape index (κ1) is 4.72. The molecule has 0 saturated heterocycles. The summed E-state index contributed by atoms with van der Waals surface area (Å²) in [5.41, 5.74) is 0. The second-order valence-corrected chi connectivity index (χ2v) is 0.556. The summed E-state index contributed by atoms with van der Waals surface area (Å²) in [7, 11) is 0. The Morgan fingerprint density at radius 3 is 1.50 bits per heavy atom. The normalized spacial score (nSPS) is 7.00. The van der Waals surface area contributed by atoms with Crippen molar-refractivity contribution < 1.29 is 0 Å². The fourth-order valence-corrected chi connectivity index (χ4v) is 0.0667. The average Bonchev–Trinajstić information content (AvgIpc) is 1.61. The highest BCUT2D eigenvalue weighted by molar-refractivity contribution is 4.94. The molecular formula is C4H2N2. The van der Waals surface area contributed by atoms with Gasteiger partial charge in [-0.25, -0.2) is 0 Å². The molecule has 6 heavy (non-hydrogen) atoms. The zero-order valence-corrected chi connectivity index (χ0v) is 3.05. The minimum absolute atomic E-state index is 1.12. The Bertz CT molecular complexity index is 105. The molecule has 0 bridgehead atoms. The molecule has 0 unspecified atom stereocenters. The van der Waals surface area contributed by atoms with Crippen LogP contribution in [0.15, 0.2) is 12.4 Å². The molecule has 0 radical (unpaired) electrons. The smallest absolute Gasteiger partial charge is 0.154 e. The van der Waals surface area contributed by atoms with E-state index in [1.807, 2.05) is 0 Å². The largest absolute Gasteiger partial charge is 0.258 e. The number of hydrogen-bond donors (Lipinski definition) is 0. The van der Waals surface area contributed by atoms with Crippen LogP contribution in [-0.4, -0.2) is 0 Å². The molecule has 0 rings (SSSR count). The number of hydrogen-bond acceptors (Lipinski definition) is 0. The van der Waals surface area contributed by atoms with E-state index >= 15 is 0 Å². The topological polar surface area (TPSA) is 8.72 Å². The first-order chi connectivity index (χ1) is 2.91. The van der Waals surface area contributed by atoms with Gasteiger partial charge in [-0.3, -0.25) is 9.69 Å². The van der Waals surface area contributed by atoms with E-state index in [0.29, 0.717) is 0 Å². The predicted molar refractivity (Wildman–Crippen MR) is 22.3 cm³/mol. The van der Waals surface area contributed by atoms with Gasteiger partial charge in [-0.2, -0.15) is 0 Å². The molecule has 28 valence electrons. The third kappa shape index (κ3) is 2.72. The molecule has 0 aliphatic heterocycles. The molecule has 2 heteroatoms. The minimum atomic E-state index is 1.12. The predicted octanol–water partition coefficient (Wildman–Crippen LogP) is 1.30. The van der Waals surface area contributed by atoms with Gasteiger partial charge in [0, 0.05) is 0 Å². The lowest BCUT2D eigenvalue weighted by Gasteiger charge is -1.51. The molecule has 0 atom stereocenters. The number of rotatable bonds is 0. The average molecular weight is 78.1 g/mol. The van der Waals surface area contributed by atoms with E-state index < -0.39 is 0 Å². The van der Waals surface area contributed by atoms with Gasteiger partial charge in [0.2, 0.25) is 0 Å². The van der Waals surface area contributed by atoms with Crippen LogP contribution in [0.2, 0.25) is 0 Å². The third-order valence-corrected chi connectivity index (χ3v) is 0.216. The summed E-state index contributed by atoms with van der Waals surface area (Å²) in [6, 6.07) is 0. The highest BCUT2D eigenvalue weighted by Crippen LogP contribution is 1.70. The lowest BCUT2D eigenvalue weighted by atomic mass is 10.9. The van der Waals surface area contributed by atoms with Crippen LogP contribution in [0.3, 0.4) is 0 Å². The van der Waals surface area contributed by atoms with Gasteiger partial charge >= 0.3 is 0 Å². The van der Waals surface area contributed by atoms with Crippen LogP contribution in [0.5, 0.6) is 0 Å². The summed E-state index contributed by atoms with van der Waals surface area (Å²) in [4.78, 5) is 5.56. The second kappa shape index (κ2) is 3.72. The summed E-state index contributed by atoms with van der Waals surface area (Å²) < 4.78 is 0. The highest BCUT2D eigenvalue weighted by atomic mass is 14.7. The van der Waals surface area contributed by atoms with Crippen molar-refractivity contribution in [2.24, 2.45) is 0 Å². The van der Waals surface area contributed by atoms with Crippen molar-refractivity contribution in [1.82, 2.24) is 0 Å². The summed E-state index contributed by atoms with van der Waals surface area (Å²) in [5, 5.41) is 0. The molecule has 0 aliphatic rings. The molecular weight excluding hydrogens is 76.1 g/mol. The van der Waals surface area contributed by atoms with Crippen LogP contribution in [0.4, 0.5) is 0 Å². The van der Waals surface area contributed by atoms with E-state index in [9.17, 15) is 0 Å². The molecule has 0 amide bonds. The summed E-state index contributed by atoms with van der Waals surface area (Å²) in [6.07, 6.45) is 2.24. The van der Waals surface area contributed by atoms with E-state index in [1.165, 1.54) is 0 Å². The highest BCUT2D eigenvalue weighted by Gasteiger charge is 1.51. The maximum Gasteiger partial charge on any atom is 0.154 e. The van der Waals surface area contributed by atoms with Crippen molar-refractivity contribution in [3.63, 3.8) is 0 Å². The number of nitrogens with zero attached hydrogens (tertiary/aromatic N) is 2. The zero-order valence-electron chi connectivity index (χ0n) is 3.05. The molecule has 2 nitrogen and oxygen atoms in total. The van der Waals surface area contributed by atoms with Crippen molar-refractivity contribution in [1.29, 1.82) is 0 Å². The molecule has 0 aromatic carbocycles. The van der Waals surface area contributed by atoms with Crippen LogP contribution in [0, 0.1) is 13.1 Å². The van der Waals surface area contributed by atoms with Crippen LogP contribution >= 0.6 is 0 Å². The Morgan fingerprint density at radius 2 is 1.33 bits per heavy atom. The standard InChI is InChI=1S/C4H2N2/c1-5-3-4-6-2/h3-4H. The minimum Gasteiger partial charge on any atom is -0.258 e.